The molecule has 0 atom stereocenters. The van der Waals surface area contributed by atoms with Gasteiger partial charge in [-0.3, -0.25) is 0 Å². The first-order chi connectivity index (χ1) is 2.27. The SMILES string of the molecule is CC(C)CN.[HH]. The first-order valence-electron chi connectivity index (χ1n) is 1.97. The van der Waals surface area contributed by atoms with Crippen molar-refractivity contribution in [3.8, 4) is 0 Å². The molecule has 0 bridgehead atoms. The molecule has 0 aliphatic carbocycles. The smallest absolute Gasteiger partial charge is 0 e. The largest absolute Gasteiger partial charge is 0.330 e. The first kappa shape index (κ1) is 4.96. The lowest BCUT2D eigenvalue weighted by molar-refractivity contribution is 0.664. The molecule has 0 aromatic heterocycles. The quantitative estimate of drug-likeness (QED) is 0.491. The maximum Gasteiger partial charge on any atom is 0 e. The van der Waals surface area contributed by atoms with Gasteiger partial charge in [-0.1, -0.05) is 13.8 Å². The molecule has 0 amide bonds. The molecule has 0 spiro atoms. The van der Waals surface area contributed by atoms with Crippen LogP contribution in [0.25, 0.3) is 0 Å². The molecular formula is C4H13N. The highest BCUT2D eigenvalue weighted by Gasteiger charge is 1.80. The van der Waals surface area contributed by atoms with Gasteiger partial charge in [0.25, 0.3) is 0 Å². The average Bonchev–Trinajstić information content (AvgIpc) is 1.38. The molecule has 0 unspecified atom stereocenters. The van der Waals surface area contributed by atoms with Crippen LogP contribution in [0.4, 0.5) is 0 Å². The molecule has 0 heterocycles. The van der Waals surface area contributed by atoms with Gasteiger partial charge in [-0.25, -0.2) is 0 Å². The van der Waals surface area contributed by atoms with Crippen LogP contribution < -0.4 is 5.73 Å². The van der Waals surface area contributed by atoms with Crippen molar-refractivity contribution in [3.63, 3.8) is 0 Å². The van der Waals surface area contributed by atoms with Crippen LogP contribution in [-0.4, -0.2) is 6.54 Å². The second-order valence-electron chi connectivity index (χ2n) is 1.63. The maximum atomic E-state index is 5.17. The molecule has 0 fully saturated rings. The van der Waals surface area contributed by atoms with Gasteiger partial charge in [0.05, 0.1) is 0 Å². The van der Waals surface area contributed by atoms with E-state index in [9.17, 15) is 0 Å². The Balaban J connectivity index is 0. The predicted octanol–water partition coefficient (Wildman–Crippen LogP) is 0.847. The summed E-state index contributed by atoms with van der Waals surface area (Å²) < 4.78 is 0. The lowest BCUT2D eigenvalue weighted by Gasteiger charge is -1.91. The van der Waals surface area contributed by atoms with Gasteiger partial charge in [-0.15, -0.1) is 0 Å². The van der Waals surface area contributed by atoms with Crippen LogP contribution in [0, 0.1) is 5.92 Å². The second-order valence-corrected chi connectivity index (χ2v) is 1.63. The molecule has 0 aromatic rings. The molecule has 0 aromatic carbocycles. The van der Waals surface area contributed by atoms with E-state index in [1.807, 2.05) is 0 Å². The second kappa shape index (κ2) is 2.21. The van der Waals surface area contributed by atoms with E-state index >= 15 is 0 Å². The van der Waals surface area contributed by atoms with Gasteiger partial charge in [0.2, 0.25) is 0 Å². The monoisotopic (exact) mass is 75.1 g/mol. The predicted molar refractivity (Wildman–Crippen MR) is 26.0 cm³/mol. The highest BCUT2D eigenvalue weighted by atomic mass is 14.5. The maximum absolute atomic E-state index is 5.17. The van der Waals surface area contributed by atoms with Crippen molar-refractivity contribution in [2.75, 3.05) is 6.54 Å². The van der Waals surface area contributed by atoms with Crippen LogP contribution in [0.3, 0.4) is 0 Å². The van der Waals surface area contributed by atoms with Crippen LogP contribution in [0.15, 0.2) is 0 Å². The summed E-state index contributed by atoms with van der Waals surface area (Å²) in [5.41, 5.74) is 5.17. The van der Waals surface area contributed by atoms with Crippen molar-refractivity contribution in [2.45, 2.75) is 13.8 Å². The number of hydrogen-bond acceptors (Lipinski definition) is 1. The van der Waals surface area contributed by atoms with Crippen molar-refractivity contribution < 1.29 is 1.43 Å². The van der Waals surface area contributed by atoms with E-state index in [0.29, 0.717) is 5.92 Å². The zero-order valence-electron chi connectivity index (χ0n) is 3.86. The summed E-state index contributed by atoms with van der Waals surface area (Å²) in [4.78, 5) is 0. The third kappa shape index (κ3) is 3.96. The highest BCUT2D eigenvalue weighted by Crippen LogP contribution is 1.81. The summed E-state index contributed by atoms with van der Waals surface area (Å²) in [6.45, 7) is 5.00. The highest BCUT2D eigenvalue weighted by molar-refractivity contribution is 4.38. The minimum absolute atomic E-state index is 0. The fourth-order valence-electron chi connectivity index (χ4n) is 0. The van der Waals surface area contributed by atoms with Crippen molar-refractivity contribution in [1.29, 1.82) is 0 Å². The minimum atomic E-state index is 0. The third-order valence-electron chi connectivity index (χ3n) is 0.471. The van der Waals surface area contributed by atoms with Crippen LogP contribution >= 0.6 is 0 Å². The van der Waals surface area contributed by atoms with Gasteiger partial charge in [-0.2, -0.15) is 0 Å². The van der Waals surface area contributed by atoms with Crippen LogP contribution in [-0.2, 0) is 0 Å². The lowest BCUT2D eigenvalue weighted by Crippen LogP contribution is -2.05. The summed E-state index contributed by atoms with van der Waals surface area (Å²) in [5, 5.41) is 0. The van der Waals surface area contributed by atoms with E-state index in [0.717, 1.165) is 6.54 Å². The summed E-state index contributed by atoms with van der Waals surface area (Å²) in [7, 11) is 0. The Morgan fingerprint density at radius 1 is 1.80 bits per heavy atom. The van der Waals surface area contributed by atoms with E-state index in [4.69, 9.17) is 5.73 Å². The number of rotatable bonds is 1. The van der Waals surface area contributed by atoms with E-state index in [1.165, 1.54) is 0 Å². The van der Waals surface area contributed by atoms with Crippen molar-refractivity contribution >= 4 is 0 Å². The number of nitrogens with two attached hydrogens (primary N) is 1. The van der Waals surface area contributed by atoms with Gasteiger partial charge in [-0.05, 0) is 12.5 Å². The lowest BCUT2D eigenvalue weighted by atomic mass is 10.2. The Labute approximate surface area is 34.7 Å². The molecule has 0 rings (SSSR count). The molecule has 1 nitrogen and oxygen atoms in total. The molecular weight excluding hydrogens is 62.1 g/mol. The van der Waals surface area contributed by atoms with Crippen LogP contribution in [0.2, 0.25) is 0 Å². The van der Waals surface area contributed by atoms with Gasteiger partial charge >= 0.3 is 0 Å². The standard InChI is InChI=1S/C4H11N.H2/c1-4(2)3-5;/h4H,3,5H2,1-2H3;1H. The van der Waals surface area contributed by atoms with Gasteiger partial charge in [0, 0.05) is 1.43 Å². The zero-order valence-corrected chi connectivity index (χ0v) is 3.86. The van der Waals surface area contributed by atoms with E-state index in [2.05, 4.69) is 13.8 Å². The summed E-state index contributed by atoms with van der Waals surface area (Å²) in [6.07, 6.45) is 0. The van der Waals surface area contributed by atoms with Crippen LogP contribution in [0.1, 0.15) is 15.3 Å². The fraction of sp³-hybridized carbons (Fsp3) is 1.00. The van der Waals surface area contributed by atoms with Gasteiger partial charge in [0.1, 0.15) is 0 Å². The zero-order chi connectivity index (χ0) is 4.28. The molecule has 0 radical (unpaired) electrons. The summed E-state index contributed by atoms with van der Waals surface area (Å²) in [6, 6.07) is 0. The normalized spacial score (nSPS) is 9.60. The van der Waals surface area contributed by atoms with Crippen LogP contribution in [0.5, 0.6) is 0 Å². The average molecular weight is 75.2 g/mol. The van der Waals surface area contributed by atoms with Gasteiger partial charge in [0.15, 0.2) is 0 Å². The first-order valence-corrected chi connectivity index (χ1v) is 1.97. The Kier molecular flexibility index (Phi) is 2.19. The minimum Gasteiger partial charge on any atom is -0.330 e. The van der Waals surface area contributed by atoms with E-state index < -0.39 is 0 Å². The molecule has 0 aliphatic heterocycles. The van der Waals surface area contributed by atoms with E-state index in [-0.39, 0.29) is 1.43 Å². The van der Waals surface area contributed by atoms with Gasteiger partial charge < -0.3 is 5.73 Å². The topological polar surface area (TPSA) is 26.0 Å². The Morgan fingerprint density at radius 2 is 2.00 bits per heavy atom. The van der Waals surface area contributed by atoms with E-state index in [1.54, 1.807) is 0 Å². The Bertz CT molecular complexity index is 21.5. The van der Waals surface area contributed by atoms with Crippen molar-refractivity contribution in [3.05, 3.63) is 0 Å². The summed E-state index contributed by atoms with van der Waals surface area (Å²) in [5.74, 6) is 0.662. The summed E-state index contributed by atoms with van der Waals surface area (Å²) >= 11 is 0. The number of hydrogen-bond donors (Lipinski definition) is 1. The Morgan fingerprint density at radius 3 is 2.00 bits per heavy atom. The fourth-order valence-corrected chi connectivity index (χ4v) is 0. The molecule has 0 aliphatic rings. The van der Waals surface area contributed by atoms with Crippen molar-refractivity contribution in [1.82, 2.24) is 0 Å². The molecule has 0 saturated carbocycles. The van der Waals surface area contributed by atoms with Crippen molar-refractivity contribution in [2.24, 2.45) is 11.7 Å². The molecule has 0 saturated heterocycles. The molecule has 1 heteroatoms. The Hall–Kier alpha value is -0.0400. The molecule has 5 heavy (non-hydrogen) atoms. The third-order valence-corrected chi connectivity index (χ3v) is 0.471. The molecule has 34 valence electrons. The molecule has 2 N–H and O–H groups in total.